The molecule has 2 heteroatoms. The van der Waals surface area contributed by atoms with Crippen LogP contribution in [0, 0.1) is 0 Å². The maximum absolute atomic E-state index is 3.61. The van der Waals surface area contributed by atoms with Crippen LogP contribution in [0.15, 0.2) is 0 Å². The fraction of sp³-hybridized carbons (Fsp3) is 1.00. The third kappa shape index (κ3) is 6.39. The maximum Gasteiger partial charge on any atom is 0.0194 e. The van der Waals surface area contributed by atoms with Crippen LogP contribution in [0.5, 0.6) is 0 Å². The van der Waals surface area contributed by atoms with E-state index in [0.717, 1.165) is 6.54 Å². The first-order valence-corrected chi connectivity index (χ1v) is 6.05. The van der Waals surface area contributed by atoms with Gasteiger partial charge in [0.05, 0.1) is 0 Å². The molecule has 0 aromatic carbocycles. The van der Waals surface area contributed by atoms with Crippen LogP contribution >= 0.6 is 0 Å². The van der Waals surface area contributed by atoms with Crippen LogP contribution in [-0.2, 0) is 0 Å². The number of nitrogens with one attached hydrogen (secondary N) is 1. The minimum atomic E-state index is 0.651. The first-order valence-electron chi connectivity index (χ1n) is 6.05. The summed E-state index contributed by atoms with van der Waals surface area (Å²) in [5, 5.41) is 3.61. The topological polar surface area (TPSA) is 15.3 Å². The minimum Gasteiger partial charge on any atom is -0.313 e. The molecule has 1 atom stereocenters. The summed E-state index contributed by atoms with van der Waals surface area (Å²) in [6.07, 6.45) is 3.79. The molecule has 0 heterocycles. The third-order valence-electron chi connectivity index (χ3n) is 2.71. The Morgan fingerprint density at radius 2 is 1.79 bits per heavy atom. The van der Waals surface area contributed by atoms with Gasteiger partial charge in [-0.1, -0.05) is 20.3 Å². The molecule has 86 valence electrons. The van der Waals surface area contributed by atoms with E-state index in [1.54, 1.807) is 0 Å². The summed E-state index contributed by atoms with van der Waals surface area (Å²) in [6, 6.07) is 1.32. The lowest BCUT2D eigenvalue weighted by Crippen LogP contribution is -2.42. The SMILES string of the molecule is CCCNC(CCC)CN(C)C(C)C. The van der Waals surface area contributed by atoms with Gasteiger partial charge in [0.1, 0.15) is 0 Å². The van der Waals surface area contributed by atoms with Crippen molar-refractivity contribution in [3.63, 3.8) is 0 Å². The quantitative estimate of drug-likeness (QED) is 0.647. The number of hydrogen-bond acceptors (Lipinski definition) is 2. The van der Waals surface area contributed by atoms with Gasteiger partial charge in [0.25, 0.3) is 0 Å². The molecule has 0 saturated carbocycles. The highest BCUT2D eigenvalue weighted by atomic mass is 15.1. The first-order chi connectivity index (χ1) is 6.61. The largest absolute Gasteiger partial charge is 0.313 e. The number of likely N-dealkylation sites (N-methyl/N-ethyl adjacent to an activating group) is 1. The fourth-order valence-corrected chi connectivity index (χ4v) is 1.51. The fourth-order valence-electron chi connectivity index (χ4n) is 1.51. The molecule has 0 aliphatic heterocycles. The van der Waals surface area contributed by atoms with Crippen molar-refractivity contribution in [1.82, 2.24) is 10.2 Å². The standard InChI is InChI=1S/C12H28N2/c1-6-8-12(13-9-7-2)10-14(5)11(3)4/h11-13H,6-10H2,1-5H3. The highest BCUT2D eigenvalue weighted by molar-refractivity contribution is 4.71. The molecule has 0 aliphatic rings. The Labute approximate surface area is 90.1 Å². The van der Waals surface area contributed by atoms with Crippen molar-refractivity contribution in [3.8, 4) is 0 Å². The molecule has 1 N–H and O–H groups in total. The second-order valence-corrected chi connectivity index (χ2v) is 4.47. The minimum absolute atomic E-state index is 0.651. The zero-order valence-corrected chi connectivity index (χ0v) is 10.6. The van der Waals surface area contributed by atoms with Crippen LogP contribution in [0.1, 0.15) is 47.0 Å². The average molecular weight is 200 g/mol. The zero-order valence-electron chi connectivity index (χ0n) is 10.6. The lowest BCUT2D eigenvalue weighted by atomic mass is 10.1. The predicted octanol–water partition coefficient (Wildman–Crippen LogP) is 2.49. The highest BCUT2D eigenvalue weighted by Crippen LogP contribution is 2.02. The van der Waals surface area contributed by atoms with Crippen molar-refractivity contribution >= 4 is 0 Å². The van der Waals surface area contributed by atoms with E-state index in [-0.39, 0.29) is 0 Å². The molecule has 0 aromatic rings. The van der Waals surface area contributed by atoms with Gasteiger partial charge in [-0.2, -0.15) is 0 Å². The summed E-state index contributed by atoms with van der Waals surface area (Å²) in [7, 11) is 2.21. The molecule has 0 amide bonds. The first kappa shape index (κ1) is 13.9. The molecule has 0 saturated heterocycles. The van der Waals surface area contributed by atoms with Crippen LogP contribution in [0.4, 0.5) is 0 Å². The van der Waals surface area contributed by atoms with E-state index in [2.05, 4.69) is 45.0 Å². The molecule has 0 rings (SSSR count). The Morgan fingerprint density at radius 1 is 1.14 bits per heavy atom. The summed E-state index contributed by atoms with van der Waals surface area (Å²) in [5.74, 6) is 0. The highest BCUT2D eigenvalue weighted by Gasteiger charge is 2.11. The molecule has 0 bridgehead atoms. The van der Waals surface area contributed by atoms with Gasteiger partial charge in [-0.3, -0.25) is 0 Å². The molecule has 0 aromatic heterocycles. The van der Waals surface area contributed by atoms with Crippen LogP contribution in [-0.4, -0.2) is 37.1 Å². The van der Waals surface area contributed by atoms with E-state index in [1.165, 1.54) is 25.8 Å². The van der Waals surface area contributed by atoms with Crippen molar-refractivity contribution in [2.24, 2.45) is 0 Å². The summed E-state index contributed by atoms with van der Waals surface area (Å²) in [5.41, 5.74) is 0. The van der Waals surface area contributed by atoms with Gasteiger partial charge in [0.2, 0.25) is 0 Å². The van der Waals surface area contributed by atoms with Gasteiger partial charge in [-0.15, -0.1) is 0 Å². The number of nitrogens with zero attached hydrogens (tertiary/aromatic N) is 1. The molecule has 0 spiro atoms. The van der Waals surface area contributed by atoms with Gasteiger partial charge in [-0.05, 0) is 40.3 Å². The number of rotatable bonds is 8. The summed E-state index contributed by atoms with van der Waals surface area (Å²) < 4.78 is 0. The summed E-state index contributed by atoms with van der Waals surface area (Å²) in [4.78, 5) is 2.42. The Balaban J connectivity index is 3.81. The van der Waals surface area contributed by atoms with Crippen molar-refractivity contribution in [1.29, 1.82) is 0 Å². The zero-order chi connectivity index (χ0) is 11.0. The van der Waals surface area contributed by atoms with Crippen molar-refractivity contribution < 1.29 is 0 Å². The van der Waals surface area contributed by atoms with Crippen LogP contribution in [0.3, 0.4) is 0 Å². The molecular formula is C12H28N2. The lowest BCUT2D eigenvalue weighted by Gasteiger charge is -2.27. The molecule has 0 radical (unpaired) electrons. The van der Waals surface area contributed by atoms with Crippen molar-refractivity contribution in [3.05, 3.63) is 0 Å². The predicted molar refractivity (Wildman–Crippen MR) is 64.8 cm³/mol. The van der Waals surface area contributed by atoms with Gasteiger partial charge in [0.15, 0.2) is 0 Å². The molecule has 1 unspecified atom stereocenters. The van der Waals surface area contributed by atoms with Crippen molar-refractivity contribution in [2.45, 2.75) is 59.0 Å². The van der Waals surface area contributed by atoms with E-state index >= 15 is 0 Å². The second-order valence-electron chi connectivity index (χ2n) is 4.47. The van der Waals surface area contributed by atoms with E-state index in [1.807, 2.05) is 0 Å². The van der Waals surface area contributed by atoms with E-state index < -0.39 is 0 Å². The van der Waals surface area contributed by atoms with E-state index in [0.29, 0.717) is 12.1 Å². The van der Waals surface area contributed by atoms with Gasteiger partial charge < -0.3 is 10.2 Å². The average Bonchev–Trinajstić information content (AvgIpc) is 2.14. The van der Waals surface area contributed by atoms with E-state index in [9.17, 15) is 0 Å². The maximum atomic E-state index is 3.61. The van der Waals surface area contributed by atoms with Crippen LogP contribution < -0.4 is 5.32 Å². The van der Waals surface area contributed by atoms with Gasteiger partial charge in [0, 0.05) is 18.6 Å². The molecule has 14 heavy (non-hydrogen) atoms. The van der Waals surface area contributed by atoms with E-state index in [4.69, 9.17) is 0 Å². The summed E-state index contributed by atoms with van der Waals surface area (Å²) in [6.45, 7) is 11.3. The molecular weight excluding hydrogens is 172 g/mol. The smallest absolute Gasteiger partial charge is 0.0194 e. The Kier molecular flexibility index (Phi) is 8.20. The van der Waals surface area contributed by atoms with Crippen LogP contribution in [0.25, 0.3) is 0 Å². The Bertz CT molecular complexity index is 123. The lowest BCUT2D eigenvalue weighted by molar-refractivity contribution is 0.235. The number of hydrogen-bond donors (Lipinski definition) is 1. The Hall–Kier alpha value is -0.0800. The molecule has 0 fully saturated rings. The van der Waals surface area contributed by atoms with Gasteiger partial charge >= 0.3 is 0 Å². The molecule has 2 nitrogen and oxygen atoms in total. The van der Waals surface area contributed by atoms with Crippen LogP contribution in [0.2, 0.25) is 0 Å². The normalized spacial score (nSPS) is 13.9. The third-order valence-corrected chi connectivity index (χ3v) is 2.71. The van der Waals surface area contributed by atoms with Gasteiger partial charge in [-0.25, -0.2) is 0 Å². The van der Waals surface area contributed by atoms with Crippen molar-refractivity contribution in [2.75, 3.05) is 20.1 Å². The Morgan fingerprint density at radius 3 is 2.21 bits per heavy atom. The molecule has 0 aliphatic carbocycles. The monoisotopic (exact) mass is 200 g/mol. The summed E-state index contributed by atoms with van der Waals surface area (Å²) >= 11 is 0. The second kappa shape index (κ2) is 8.25.